The number of hydrogen-bond donors (Lipinski definition) is 1. The molecule has 120 valence electrons. The molecule has 1 aromatic rings. The van der Waals surface area contributed by atoms with E-state index in [0.29, 0.717) is 18.8 Å². The van der Waals surface area contributed by atoms with Crippen molar-refractivity contribution in [2.45, 2.75) is 46.3 Å². The summed E-state index contributed by atoms with van der Waals surface area (Å²) in [4.78, 5) is 1.94. The summed E-state index contributed by atoms with van der Waals surface area (Å²) >= 11 is 0. The van der Waals surface area contributed by atoms with Crippen LogP contribution in [0.3, 0.4) is 0 Å². The average molecular weight is 296 g/mol. The Labute approximate surface area is 128 Å². The van der Waals surface area contributed by atoms with E-state index >= 15 is 0 Å². The molecule has 1 rings (SSSR count). The van der Waals surface area contributed by atoms with Gasteiger partial charge in [-0.05, 0) is 45.4 Å². The van der Waals surface area contributed by atoms with Gasteiger partial charge in [0, 0.05) is 19.6 Å². The molecule has 1 atom stereocenters. The van der Waals surface area contributed by atoms with Gasteiger partial charge in [-0.25, -0.2) is 4.39 Å². The third-order valence-electron chi connectivity index (χ3n) is 3.44. The second-order valence-electron chi connectivity index (χ2n) is 5.69. The highest BCUT2D eigenvalue weighted by molar-refractivity contribution is 5.55. The van der Waals surface area contributed by atoms with Gasteiger partial charge in [0.05, 0.1) is 18.4 Å². The maximum absolute atomic E-state index is 14.3. The molecule has 0 bridgehead atoms. The Morgan fingerprint density at radius 2 is 2.00 bits per heavy atom. The number of hydrogen-bond acceptors (Lipinski definition) is 3. The minimum absolute atomic E-state index is 0.129. The van der Waals surface area contributed by atoms with Gasteiger partial charge in [-0.2, -0.15) is 0 Å². The van der Waals surface area contributed by atoms with Crippen molar-refractivity contribution in [3.63, 3.8) is 0 Å². The molecule has 0 saturated carbocycles. The zero-order valence-corrected chi connectivity index (χ0v) is 13.9. The van der Waals surface area contributed by atoms with Gasteiger partial charge in [0.25, 0.3) is 0 Å². The summed E-state index contributed by atoms with van der Waals surface area (Å²) in [5, 5.41) is 3.42. The summed E-state index contributed by atoms with van der Waals surface area (Å²) in [7, 11) is 1.91. The van der Waals surface area contributed by atoms with E-state index in [1.165, 1.54) is 6.07 Å². The molecule has 0 fully saturated rings. The van der Waals surface area contributed by atoms with Crippen molar-refractivity contribution in [1.29, 1.82) is 0 Å². The van der Waals surface area contributed by atoms with E-state index in [1.807, 2.05) is 31.9 Å². The Bertz CT molecular complexity index is 423. The lowest BCUT2D eigenvalue weighted by atomic mass is 10.0. The van der Waals surface area contributed by atoms with E-state index in [4.69, 9.17) is 4.74 Å². The Hall–Kier alpha value is -1.13. The second-order valence-corrected chi connectivity index (χ2v) is 5.69. The molecule has 0 aliphatic rings. The third kappa shape index (κ3) is 5.64. The van der Waals surface area contributed by atoms with Crippen molar-refractivity contribution in [3.8, 4) is 0 Å². The minimum Gasteiger partial charge on any atom is -0.377 e. The number of ether oxygens (including phenoxy) is 1. The molecule has 1 N–H and O–H groups in total. The number of para-hydroxylation sites is 1. The molecule has 0 saturated heterocycles. The maximum atomic E-state index is 14.3. The molecular formula is C17H29FN2O. The lowest BCUT2D eigenvalue weighted by molar-refractivity contribution is 0.0845. The molecule has 0 aliphatic heterocycles. The van der Waals surface area contributed by atoms with Crippen molar-refractivity contribution in [2.24, 2.45) is 0 Å². The first-order valence-electron chi connectivity index (χ1n) is 7.81. The highest BCUT2D eigenvalue weighted by atomic mass is 19.1. The van der Waals surface area contributed by atoms with Crippen LogP contribution in [-0.4, -0.2) is 32.8 Å². The standard InChI is InChI=1S/C17H29FN2O/c1-6-10-19-14(4)15-8-7-9-16(18)17(15)20(5)11-12-21-13(2)3/h7-9,13-14,19H,6,10-12H2,1-5H3. The lowest BCUT2D eigenvalue weighted by Crippen LogP contribution is -2.28. The molecule has 0 aromatic heterocycles. The fourth-order valence-corrected chi connectivity index (χ4v) is 2.29. The number of anilines is 1. The first-order valence-corrected chi connectivity index (χ1v) is 7.81. The second kappa shape index (κ2) is 9.00. The summed E-state index contributed by atoms with van der Waals surface area (Å²) in [6.45, 7) is 10.4. The van der Waals surface area contributed by atoms with Gasteiger partial charge < -0.3 is 15.0 Å². The average Bonchev–Trinajstić information content (AvgIpc) is 2.43. The van der Waals surface area contributed by atoms with Crippen LogP contribution in [0.15, 0.2) is 18.2 Å². The molecule has 21 heavy (non-hydrogen) atoms. The van der Waals surface area contributed by atoms with Crippen LogP contribution >= 0.6 is 0 Å². The van der Waals surface area contributed by atoms with E-state index in [0.717, 1.165) is 18.5 Å². The van der Waals surface area contributed by atoms with Crippen LogP contribution in [0.5, 0.6) is 0 Å². The molecule has 0 aliphatic carbocycles. The Morgan fingerprint density at radius 1 is 1.29 bits per heavy atom. The number of likely N-dealkylation sites (N-methyl/N-ethyl adjacent to an activating group) is 1. The zero-order valence-electron chi connectivity index (χ0n) is 13.9. The van der Waals surface area contributed by atoms with E-state index in [2.05, 4.69) is 19.2 Å². The number of nitrogens with zero attached hydrogens (tertiary/aromatic N) is 1. The molecule has 3 nitrogen and oxygen atoms in total. The van der Waals surface area contributed by atoms with Crippen molar-refractivity contribution >= 4 is 5.69 Å². The predicted molar refractivity (Wildman–Crippen MR) is 87.5 cm³/mol. The van der Waals surface area contributed by atoms with Gasteiger partial charge in [-0.3, -0.25) is 0 Å². The molecule has 0 radical (unpaired) electrons. The Kier molecular flexibility index (Phi) is 7.68. The van der Waals surface area contributed by atoms with Crippen molar-refractivity contribution in [3.05, 3.63) is 29.6 Å². The first-order chi connectivity index (χ1) is 9.97. The van der Waals surface area contributed by atoms with Crippen molar-refractivity contribution in [1.82, 2.24) is 5.32 Å². The van der Waals surface area contributed by atoms with Crippen LogP contribution in [0.4, 0.5) is 10.1 Å². The third-order valence-corrected chi connectivity index (χ3v) is 3.44. The highest BCUT2D eigenvalue weighted by Crippen LogP contribution is 2.28. The normalized spacial score (nSPS) is 12.7. The maximum Gasteiger partial charge on any atom is 0.146 e. The quantitative estimate of drug-likeness (QED) is 0.751. The van der Waals surface area contributed by atoms with Crippen LogP contribution in [0.25, 0.3) is 0 Å². The molecule has 4 heteroatoms. The number of nitrogens with one attached hydrogen (secondary N) is 1. The van der Waals surface area contributed by atoms with Crippen molar-refractivity contribution < 1.29 is 9.13 Å². The van der Waals surface area contributed by atoms with E-state index in [9.17, 15) is 4.39 Å². The summed E-state index contributed by atoms with van der Waals surface area (Å²) < 4.78 is 19.8. The Balaban J connectivity index is 2.83. The van der Waals surface area contributed by atoms with Crippen molar-refractivity contribution in [2.75, 3.05) is 31.6 Å². The zero-order chi connectivity index (χ0) is 15.8. The van der Waals surface area contributed by atoms with E-state index in [1.54, 1.807) is 6.07 Å². The summed E-state index contributed by atoms with van der Waals surface area (Å²) in [6.07, 6.45) is 1.26. The van der Waals surface area contributed by atoms with Gasteiger partial charge in [-0.1, -0.05) is 19.1 Å². The molecular weight excluding hydrogens is 267 g/mol. The van der Waals surface area contributed by atoms with E-state index in [-0.39, 0.29) is 18.0 Å². The van der Waals surface area contributed by atoms with E-state index < -0.39 is 0 Å². The fraction of sp³-hybridized carbons (Fsp3) is 0.647. The number of rotatable bonds is 9. The van der Waals surface area contributed by atoms with Gasteiger partial charge in [0.2, 0.25) is 0 Å². The molecule has 0 heterocycles. The smallest absolute Gasteiger partial charge is 0.146 e. The number of benzene rings is 1. The fourth-order valence-electron chi connectivity index (χ4n) is 2.29. The minimum atomic E-state index is -0.176. The van der Waals surface area contributed by atoms with Gasteiger partial charge in [0.1, 0.15) is 5.82 Å². The Morgan fingerprint density at radius 3 is 2.62 bits per heavy atom. The summed E-state index contributed by atoms with van der Waals surface area (Å²) in [5.74, 6) is -0.176. The highest BCUT2D eigenvalue weighted by Gasteiger charge is 2.17. The largest absolute Gasteiger partial charge is 0.377 e. The lowest BCUT2D eigenvalue weighted by Gasteiger charge is -2.26. The van der Waals surface area contributed by atoms with Crippen LogP contribution in [-0.2, 0) is 4.74 Å². The molecule has 1 unspecified atom stereocenters. The first kappa shape index (κ1) is 17.9. The SMILES string of the molecule is CCCNC(C)c1cccc(F)c1N(C)CCOC(C)C. The van der Waals surface area contributed by atoms with Gasteiger partial charge in [-0.15, -0.1) is 0 Å². The molecule has 1 aromatic carbocycles. The predicted octanol–water partition coefficient (Wildman–Crippen LogP) is 3.75. The van der Waals surface area contributed by atoms with Gasteiger partial charge in [0.15, 0.2) is 0 Å². The molecule has 0 amide bonds. The van der Waals surface area contributed by atoms with Crippen LogP contribution < -0.4 is 10.2 Å². The van der Waals surface area contributed by atoms with Gasteiger partial charge >= 0.3 is 0 Å². The number of halogens is 1. The van der Waals surface area contributed by atoms with Crippen LogP contribution in [0.1, 0.15) is 45.7 Å². The van der Waals surface area contributed by atoms with Crippen LogP contribution in [0, 0.1) is 5.82 Å². The molecule has 0 spiro atoms. The summed E-state index contributed by atoms with van der Waals surface area (Å²) in [5.41, 5.74) is 1.66. The van der Waals surface area contributed by atoms with Crippen LogP contribution in [0.2, 0.25) is 0 Å². The summed E-state index contributed by atoms with van der Waals surface area (Å²) in [6, 6.07) is 5.41. The topological polar surface area (TPSA) is 24.5 Å². The monoisotopic (exact) mass is 296 g/mol.